The van der Waals surface area contributed by atoms with Crippen LogP contribution in [0.2, 0.25) is 0 Å². The third kappa shape index (κ3) is 3.87. The van der Waals surface area contributed by atoms with Crippen LogP contribution in [0, 0.1) is 5.92 Å². The summed E-state index contributed by atoms with van der Waals surface area (Å²) < 4.78 is 9.81. The second-order valence-electron chi connectivity index (χ2n) is 5.41. The molecule has 6 nitrogen and oxygen atoms in total. The fourth-order valence-electron chi connectivity index (χ4n) is 1.85. The number of nitrogens with zero attached hydrogens (tertiary/aromatic N) is 1. The van der Waals surface area contributed by atoms with E-state index in [0.29, 0.717) is 13.0 Å². The van der Waals surface area contributed by atoms with Gasteiger partial charge in [0.2, 0.25) is 0 Å². The summed E-state index contributed by atoms with van der Waals surface area (Å²) >= 11 is 0. The molecule has 0 saturated carbocycles. The van der Waals surface area contributed by atoms with Crippen LogP contribution >= 0.6 is 0 Å². The molecule has 1 rings (SSSR count). The van der Waals surface area contributed by atoms with Crippen molar-refractivity contribution in [1.29, 1.82) is 0 Å². The Kier molecular flexibility index (Phi) is 4.56. The summed E-state index contributed by atoms with van der Waals surface area (Å²) in [5.41, 5.74) is -0.568. The third-order valence-corrected chi connectivity index (χ3v) is 2.74. The highest BCUT2D eigenvalue weighted by molar-refractivity contribution is 5.74. The molecule has 0 aromatic carbocycles. The van der Waals surface area contributed by atoms with Crippen molar-refractivity contribution in [2.24, 2.45) is 5.92 Å². The van der Waals surface area contributed by atoms with Gasteiger partial charge in [-0.3, -0.25) is 4.79 Å². The third-order valence-electron chi connectivity index (χ3n) is 2.74. The van der Waals surface area contributed by atoms with E-state index in [1.54, 1.807) is 20.8 Å². The number of rotatable bonds is 1. The van der Waals surface area contributed by atoms with Crippen LogP contribution in [0.5, 0.6) is 0 Å². The number of aliphatic hydroxyl groups excluding tert-OH is 1. The van der Waals surface area contributed by atoms with Gasteiger partial charge in [0, 0.05) is 6.54 Å². The van der Waals surface area contributed by atoms with Crippen LogP contribution in [-0.4, -0.2) is 54.0 Å². The number of β-amino-alcohol motifs (C(OH)–C–C–N with tert-alkyl or cyclic N) is 1. The summed E-state index contributed by atoms with van der Waals surface area (Å²) in [6, 6.07) is 0. The summed E-state index contributed by atoms with van der Waals surface area (Å²) in [7, 11) is 1.29. The van der Waals surface area contributed by atoms with Crippen molar-refractivity contribution in [3.63, 3.8) is 0 Å². The molecule has 1 amide bonds. The van der Waals surface area contributed by atoms with Gasteiger partial charge in [0.05, 0.1) is 25.7 Å². The topological polar surface area (TPSA) is 76.1 Å². The molecule has 0 bridgehead atoms. The lowest BCUT2D eigenvalue weighted by Gasteiger charge is -2.35. The van der Waals surface area contributed by atoms with E-state index in [-0.39, 0.29) is 6.54 Å². The van der Waals surface area contributed by atoms with Crippen molar-refractivity contribution in [3.05, 3.63) is 0 Å². The minimum atomic E-state index is -0.904. The van der Waals surface area contributed by atoms with E-state index in [0.717, 1.165) is 0 Å². The Morgan fingerprint density at radius 1 is 1.33 bits per heavy atom. The predicted octanol–water partition coefficient (Wildman–Crippen LogP) is 0.777. The predicted molar refractivity (Wildman–Crippen MR) is 63.9 cm³/mol. The number of amides is 1. The van der Waals surface area contributed by atoms with Crippen LogP contribution in [0.4, 0.5) is 4.79 Å². The molecule has 0 spiro atoms. The molecule has 0 radical (unpaired) electrons. The fraction of sp³-hybridized carbons (Fsp3) is 0.833. The maximum atomic E-state index is 11.8. The van der Waals surface area contributed by atoms with Gasteiger partial charge in [-0.1, -0.05) is 0 Å². The minimum absolute atomic E-state index is 0.0919. The molecule has 104 valence electrons. The van der Waals surface area contributed by atoms with Gasteiger partial charge in [-0.2, -0.15) is 0 Å². The van der Waals surface area contributed by atoms with Crippen molar-refractivity contribution >= 4 is 12.1 Å². The van der Waals surface area contributed by atoms with Gasteiger partial charge in [-0.25, -0.2) is 4.79 Å². The number of piperidine rings is 1. The number of carbonyl (C=O) groups is 2. The first-order chi connectivity index (χ1) is 8.24. The maximum Gasteiger partial charge on any atom is 0.410 e. The number of hydrogen-bond donors (Lipinski definition) is 1. The highest BCUT2D eigenvalue weighted by atomic mass is 16.6. The van der Waals surface area contributed by atoms with E-state index in [4.69, 9.17) is 4.74 Å². The normalized spacial score (nSPS) is 24.6. The Balaban J connectivity index is 2.55. The molecule has 1 saturated heterocycles. The molecular weight excluding hydrogens is 238 g/mol. The van der Waals surface area contributed by atoms with Crippen molar-refractivity contribution in [2.45, 2.75) is 38.9 Å². The Hall–Kier alpha value is -1.30. The molecule has 1 N–H and O–H groups in total. The number of ether oxygens (including phenoxy) is 2. The SMILES string of the molecule is COC(=O)[C@@H]1CCN(C(=O)OC(C)(C)C)C[C@@H]1O. The van der Waals surface area contributed by atoms with E-state index in [9.17, 15) is 14.7 Å². The Labute approximate surface area is 107 Å². The first-order valence-corrected chi connectivity index (χ1v) is 5.98. The number of carbonyl (C=O) groups excluding carboxylic acids is 2. The molecular formula is C12H21NO5. The number of esters is 1. The molecule has 0 unspecified atom stereocenters. The van der Waals surface area contributed by atoms with E-state index in [2.05, 4.69) is 4.74 Å². The average molecular weight is 259 g/mol. The van der Waals surface area contributed by atoms with E-state index in [1.165, 1.54) is 12.0 Å². The molecule has 0 aliphatic carbocycles. The zero-order chi connectivity index (χ0) is 13.9. The molecule has 1 aliphatic rings. The summed E-state index contributed by atoms with van der Waals surface area (Å²) in [6.07, 6.45) is -0.990. The van der Waals surface area contributed by atoms with Crippen molar-refractivity contribution in [3.8, 4) is 0 Å². The van der Waals surface area contributed by atoms with E-state index < -0.39 is 29.7 Å². The van der Waals surface area contributed by atoms with Gasteiger partial charge in [-0.15, -0.1) is 0 Å². The molecule has 2 atom stereocenters. The van der Waals surface area contributed by atoms with Gasteiger partial charge in [0.1, 0.15) is 5.60 Å². The highest BCUT2D eigenvalue weighted by Gasteiger charge is 2.36. The van der Waals surface area contributed by atoms with Crippen LogP contribution in [0.15, 0.2) is 0 Å². The molecule has 1 heterocycles. The van der Waals surface area contributed by atoms with Crippen LogP contribution in [-0.2, 0) is 14.3 Å². The molecule has 6 heteroatoms. The zero-order valence-electron chi connectivity index (χ0n) is 11.3. The van der Waals surface area contributed by atoms with E-state index >= 15 is 0 Å². The molecule has 18 heavy (non-hydrogen) atoms. The number of likely N-dealkylation sites (tertiary alicyclic amines) is 1. The highest BCUT2D eigenvalue weighted by Crippen LogP contribution is 2.21. The second-order valence-corrected chi connectivity index (χ2v) is 5.41. The van der Waals surface area contributed by atoms with Crippen LogP contribution in [0.1, 0.15) is 27.2 Å². The number of aliphatic hydroxyl groups is 1. The fourth-order valence-corrected chi connectivity index (χ4v) is 1.85. The van der Waals surface area contributed by atoms with Crippen molar-refractivity contribution in [1.82, 2.24) is 4.90 Å². The summed E-state index contributed by atoms with van der Waals surface area (Å²) in [6.45, 7) is 5.81. The molecule has 0 aromatic rings. The van der Waals surface area contributed by atoms with Crippen LogP contribution in [0.3, 0.4) is 0 Å². The second kappa shape index (κ2) is 5.56. The first kappa shape index (κ1) is 14.8. The molecule has 1 fully saturated rings. The van der Waals surface area contributed by atoms with E-state index in [1.807, 2.05) is 0 Å². The van der Waals surface area contributed by atoms with Crippen LogP contribution in [0.25, 0.3) is 0 Å². The Bertz CT molecular complexity index is 323. The Morgan fingerprint density at radius 3 is 2.39 bits per heavy atom. The van der Waals surface area contributed by atoms with Gasteiger partial charge in [-0.05, 0) is 27.2 Å². The average Bonchev–Trinajstić information content (AvgIpc) is 2.25. The lowest BCUT2D eigenvalue weighted by atomic mass is 9.94. The molecule has 0 aromatic heterocycles. The minimum Gasteiger partial charge on any atom is -0.469 e. The quantitative estimate of drug-likeness (QED) is 0.704. The maximum absolute atomic E-state index is 11.8. The van der Waals surface area contributed by atoms with Gasteiger partial charge in [0.15, 0.2) is 0 Å². The largest absolute Gasteiger partial charge is 0.469 e. The summed E-state index contributed by atoms with van der Waals surface area (Å²) in [5, 5.41) is 9.84. The number of methoxy groups -OCH3 is 1. The monoisotopic (exact) mass is 259 g/mol. The standard InChI is InChI=1S/C12H21NO5/c1-12(2,3)18-11(16)13-6-5-8(9(14)7-13)10(15)17-4/h8-9,14H,5-7H2,1-4H3/t8-,9+/m1/s1. The van der Waals surface area contributed by atoms with Gasteiger partial charge < -0.3 is 19.5 Å². The van der Waals surface area contributed by atoms with Crippen LogP contribution < -0.4 is 0 Å². The smallest absolute Gasteiger partial charge is 0.410 e. The molecule has 1 aliphatic heterocycles. The summed E-state index contributed by atoms with van der Waals surface area (Å²) in [5.74, 6) is -1.000. The summed E-state index contributed by atoms with van der Waals surface area (Å²) in [4.78, 5) is 24.6. The zero-order valence-corrected chi connectivity index (χ0v) is 11.3. The van der Waals surface area contributed by atoms with Gasteiger partial charge in [0.25, 0.3) is 0 Å². The van der Waals surface area contributed by atoms with Crippen molar-refractivity contribution < 1.29 is 24.2 Å². The lowest BCUT2D eigenvalue weighted by Crippen LogP contribution is -2.50. The van der Waals surface area contributed by atoms with Gasteiger partial charge >= 0.3 is 12.1 Å². The van der Waals surface area contributed by atoms with Crippen molar-refractivity contribution in [2.75, 3.05) is 20.2 Å². The Morgan fingerprint density at radius 2 is 1.94 bits per heavy atom. The number of hydrogen-bond acceptors (Lipinski definition) is 5. The lowest BCUT2D eigenvalue weighted by molar-refractivity contribution is -0.152. The first-order valence-electron chi connectivity index (χ1n) is 5.98.